The zero-order chi connectivity index (χ0) is 18.5. The van der Waals surface area contributed by atoms with E-state index in [1.165, 1.54) is 0 Å². The van der Waals surface area contributed by atoms with Gasteiger partial charge in [0, 0.05) is 45.0 Å². The monoisotopic (exact) mass is 434 g/mol. The van der Waals surface area contributed by atoms with Crippen molar-refractivity contribution in [2.45, 2.75) is 12.8 Å². The highest BCUT2D eigenvalue weighted by Gasteiger charge is 2.37. The molecule has 0 aromatic heterocycles. The number of carbonyl (C=O) groups excluding carboxylic acids is 2. The maximum absolute atomic E-state index is 12.6. The topological polar surface area (TPSA) is 64.7 Å². The van der Waals surface area contributed by atoms with Gasteiger partial charge in [-0.15, -0.1) is 12.4 Å². The molecule has 2 heterocycles. The number of hydrogen-bond donors (Lipinski definition) is 2. The van der Waals surface area contributed by atoms with Gasteiger partial charge in [0.2, 0.25) is 11.8 Å². The van der Waals surface area contributed by atoms with E-state index in [-0.39, 0.29) is 24.2 Å². The first-order valence-corrected chi connectivity index (χ1v) is 9.79. The van der Waals surface area contributed by atoms with Gasteiger partial charge in [-0.1, -0.05) is 23.2 Å². The molecule has 1 aromatic carbocycles. The fourth-order valence-corrected chi connectivity index (χ4v) is 3.70. The smallest absolute Gasteiger partial charge is 0.239 e. The minimum Gasteiger partial charge on any atom is -0.355 e. The first kappa shape index (κ1) is 22.2. The number of piperazine rings is 1. The summed E-state index contributed by atoms with van der Waals surface area (Å²) in [6.45, 7) is 6.22. The van der Waals surface area contributed by atoms with Gasteiger partial charge in [-0.05, 0) is 37.6 Å². The van der Waals surface area contributed by atoms with Crippen LogP contribution in [0.3, 0.4) is 0 Å². The highest BCUT2D eigenvalue weighted by molar-refractivity contribution is 6.42. The summed E-state index contributed by atoms with van der Waals surface area (Å²) in [6, 6.07) is 5.07. The minimum absolute atomic E-state index is 0. The molecule has 0 bridgehead atoms. The highest BCUT2D eigenvalue weighted by atomic mass is 35.5. The minimum atomic E-state index is -0.622. The second-order valence-corrected chi connectivity index (χ2v) is 7.48. The van der Waals surface area contributed by atoms with Crippen LogP contribution in [0.15, 0.2) is 18.2 Å². The van der Waals surface area contributed by atoms with E-state index in [0.717, 1.165) is 39.1 Å². The summed E-state index contributed by atoms with van der Waals surface area (Å²) in [7, 11) is 0. The Kier molecular flexibility index (Phi) is 8.63. The Hall–Kier alpha value is -1.05. The largest absolute Gasteiger partial charge is 0.355 e. The zero-order valence-corrected chi connectivity index (χ0v) is 17.4. The standard InChI is InChI=1S/C18H24Cl2N4O2.ClH/c19-15-3-2-13(12-16(15)20)24-9-4-14(18(24)26)17(25)22-5-1-8-23-10-6-21-7-11-23;/h2-3,12,14,21H,1,4-11H2,(H,22,25);1H. The van der Waals surface area contributed by atoms with Crippen molar-refractivity contribution < 1.29 is 9.59 Å². The molecule has 0 saturated carbocycles. The normalized spacial score (nSPS) is 20.4. The number of rotatable bonds is 6. The summed E-state index contributed by atoms with van der Waals surface area (Å²) in [5.41, 5.74) is 0.679. The molecule has 2 aliphatic rings. The van der Waals surface area contributed by atoms with Gasteiger partial charge in [0.05, 0.1) is 10.0 Å². The molecule has 0 aliphatic carbocycles. The molecule has 150 valence electrons. The summed E-state index contributed by atoms with van der Waals surface area (Å²) in [6.07, 6.45) is 1.41. The van der Waals surface area contributed by atoms with Crippen LogP contribution in [0, 0.1) is 5.92 Å². The predicted molar refractivity (Wildman–Crippen MR) is 111 cm³/mol. The Labute approximate surface area is 176 Å². The number of carbonyl (C=O) groups is 2. The van der Waals surface area contributed by atoms with E-state index in [4.69, 9.17) is 23.2 Å². The summed E-state index contributed by atoms with van der Waals surface area (Å²) >= 11 is 12.0. The SMILES string of the molecule is Cl.O=C(NCCCN1CCNCC1)C1CCN(c2ccc(Cl)c(Cl)c2)C1=O. The van der Waals surface area contributed by atoms with Crippen molar-refractivity contribution in [2.24, 2.45) is 5.92 Å². The van der Waals surface area contributed by atoms with Crippen molar-refractivity contribution in [2.75, 3.05) is 50.7 Å². The lowest BCUT2D eigenvalue weighted by atomic mass is 10.1. The van der Waals surface area contributed by atoms with Crippen LogP contribution in [0.5, 0.6) is 0 Å². The Balaban J connectivity index is 0.00000261. The van der Waals surface area contributed by atoms with Gasteiger partial charge in [0.1, 0.15) is 5.92 Å². The molecule has 3 rings (SSSR count). The molecule has 2 saturated heterocycles. The van der Waals surface area contributed by atoms with Crippen molar-refractivity contribution in [3.05, 3.63) is 28.2 Å². The molecule has 2 amide bonds. The zero-order valence-electron chi connectivity index (χ0n) is 15.0. The van der Waals surface area contributed by atoms with E-state index in [1.54, 1.807) is 23.1 Å². The van der Waals surface area contributed by atoms with E-state index in [1.807, 2.05) is 0 Å². The van der Waals surface area contributed by atoms with E-state index in [9.17, 15) is 9.59 Å². The summed E-state index contributed by atoms with van der Waals surface area (Å²) in [4.78, 5) is 29.0. The lowest BCUT2D eigenvalue weighted by Gasteiger charge is -2.27. The quantitative estimate of drug-likeness (QED) is 0.531. The fraction of sp³-hybridized carbons (Fsp3) is 0.556. The third-order valence-electron chi connectivity index (χ3n) is 4.90. The molecule has 27 heavy (non-hydrogen) atoms. The van der Waals surface area contributed by atoms with Gasteiger partial charge in [0.15, 0.2) is 0 Å². The summed E-state index contributed by atoms with van der Waals surface area (Å²) in [5.74, 6) is -0.982. The van der Waals surface area contributed by atoms with E-state index < -0.39 is 5.92 Å². The first-order valence-electron chi connectivity index (χ1n) is 9.03. The fourth-order valence-electron chi connectivity index (χ4n) is 3.40. The molecule has 2 aliphatic heterocycles. The molecule has 1 atom stereocenters. The average Bonchev–Trinajstić information content (AvgIpc) is 3.03. The van der Waals surface area contributed by atoms with E-state index in [0.29, 0.717) is 35.2 Å². The first-order chi connectivity index (χ1) is 12.6. The third-order valence-corrected chi connectivity index (χ3v) is 5.64. The van der Waals surface area contributed by atoms with Crippen molar-refractivity contribution in [1.29, 1.82) is 0 Å². The van der Waals surface area contributed by atoms with E-state index >= 15 is 0 Å². The maximum atomic E-state index is 12.6. The number of nitrogens with one attached hydrogen (secondary N) is 2. The second kappa shape index (κ2) is 10.5. The summed E-state index contributed by atoms with van der Waals surface area (Å²) < 4.78 is 0. The Bertz CT molecular complexity index is 668. The van der Waals surface area contributed by atoms with Crippen LogP contribution in [0.4, 0.5) is 5.69 Å². The lowest BCUT2D eigenvalue weighted by molar-refractivity contribution is -0.132. The maximum Gasteiger partial charge on any atom is 0.239 e. The van der Waals surface area contributed by atoms with Gasteiger partial charge in [-0.3, -0.25) is 9.59 Å². The molecule has 2 fully saturated rings. The lowest BCUT2D eigenvalue weighted by Crippen LogP contribution is -2.44. The van der Waals surface area contributed by atoms with Crippen LogP contribution in [-0.2, 0) is 9.59 Å². The van der Waals surface area contributed by atoms with E-state index in [2.05, 4.69) is 15.5 Å². The number of benzene rings is 1. The average molecular weight is 436 g/mol. The molecule has 1 aromatic rings. The predicted octanol–water partition coefficient (Wildman–Crippen LogP) is 2.18. The number of halogens is 3. The van der Waals surface area contributed by atoms with Crippen LogP contribution in [0.1, 0.15) is 12.8 Å². The number of hydrogen-bond acceptors (Lipinski definition) is 4. The van der Waals surface area contributed by atoms with Crippen molar-refractivity contribution in [3.63, 3.8) is 0 Å². The third kappa shape index (κ3) is 5.72. The molecule has 2 N–H and O–H groups in total. The Morgan fingerprint density at radius 1 is 1.19 bits per heavy atom. The molecule has 9 heteroatoms. The van der Waals surface area contributed by atoms with Crippen LogP contribution in [-0.4, -0.2) is 62.5 Å². The molecule has 6 nitrogen and oxygen atoms in total. The van der Waals surface area contributed by atoms with Gasteiger partial charge < -0.3 is 20.4 Å². The van der Waals surface area contributed by atoms with Crippen LogP contribution in [0.2, 0.25) is 10.0 Å². The number of nitrogens with zero attached hydrogens (tertiary/aromatic N) is 2. The van der Waals surface area contributed by atoms with Crippen LogP contribution in [0.25, 0.3) is 0 Å². The molecule has 0 radical (unpaired) electrons. The molecular formula is C18H25Cl3N4O2. The number of amides is 2. The molecule has 0 spiro atoms. The second-order valence-electron chi connectivity index (χ2n) is 6.67. The van der Waals surface area contributed by atoms with Crippen LogP contribution < -0.4 is 15.5 Å². The molecular weight excluding hydrogens is 411 g/mol. The van der Waals surface area contributed by atoms with Gasteiger partial charge in [-0.25, -0.2) is 0 Å². The van der Waals surface area contributed by atoms with Gasteiger partial charge in [-0.2, -0.15) is 0 Å². The van der Waals surface area contributed by atoms with Crippen molar-refractivity contribution >= 4 is 53.1 Å². The summed E-state index contributed by atoms with van der Waals surface area (Å²) in [5, 5.41) is 7.08. The van der Waals surface area contributed by atoms with Gasteiger partial charge >= 0.3 is 0 Å². The number of anilines is 1. The van der Waals surface area contributed by atoms with Crippen LogP contribution >= 0.6 is 35.6 Å². The molecule has 1 unspecified atom stereocenters. The Morgan fingerprint density at radius 3 is 2.63 bits per heavy atom. The van der Waals surface area contributed by atoms with Gasteiger partial charge in [0.25, 0.3) is 0 Å². The van der Waals surface area contributed by atoms with Crippen molar-refractivity contribution in [1.82, 2.24) is 15.5 Å². The van der Waals surface area contributed by atoms with Crippen molar-refractivity contribution in [3.8, 4) is 0 Å². The Morgan fingerprint density at radius 2 is 1.93 bits per heavy atom. The highest BCUT2D eigenvalue weighted by Crippen LogP contribution is 2.31.